The normalized spacial score (nSPS) is 25.3. The highest BCUT2D eigenvalue weighted by atomic mass is 32.1. The highest BCUT2D eigenvalue weighted by molar-refractivity contribution is 7.10. The van der Waals surface area contributed by atoms with E-state index in [2.05, 4.69) is 77.1 Å². The van der Waals surface area contributed by atoms with Crippen LogP contribution in [0.25, 0.3) is 33.4 Å². The van der Waals surface area contributed by atoms with E-state index >= 15 is 0 Å². The number of pyridine rings is 1. The number of ketones is 1. The van der Waals surface area contributed by atoms with E-state index in [0.717, 1.165) is 76.5 Å². The third kappa shape index (κ3) is 9.12. The molecule has 61 heavy (non-hydrogen) atoms. The number of fused-ring (bicyclic) bond motifs is 6. The maximum absolute atomic E-state index is 14.3. The number of carbonyl (C=O) groups is 3. The predicted octanol–water partition coefficient (Wildman–Crippen LogP) is 6.97. The van der Waals surface area contributed by atoms with Crippen molar-refractivity contribution in [3.8, 4) is 22.5 Å². The Balaban J connectivity index is 1.24. The van der Waals surface area contributed by atoms with Crippen LogP contribution in [0.1, 0.15) is 88.6 Å². The van der Waals surface area contributed by atoms with Crippen LogP contribution in [0.15, 0.2) is 35.8 Å². The molecule has 3 aliphatic heterocycles. The van der Waals surface area contributed by atoms with Crippen LogP contribution in [0.2, 0.25) is 0 Å². The number of amides is 1. The molecule has 4 aromatic rings. The topological polar surface area (TPSA) is 131 Å². The molecule has 15 heteroatoms. The van der Waals surface area contributed by atoms with Gasteiger partial charge in [-0.05, 0) is 76.8 Å². The minimum Gasteiger partial charge on any atom is -0.464 e. The summed E-state index contributed by atoms with van der Waals surface area (Å²) in [6.07, 6.45) is 3.11. The molecule has 2 N–H and O–H groups in total. The van der Waals surface area contributed by atoms with E-state index in [-0.39, 0.29) is 37.8 Å². The molecule has 3 aromatic heterocycles. The van der Waals surface area contributed by atoms with E-state index in [4.69, 9.17) is 19.4 Å². The van der Waals surface area contributed by atoms with Crippen LogP contribution in [0.5, 0.6) is 0 Å². The minimum absolute atomic E-state index is 0.0595. The van der Waals surface area contributed by atoms with Gasteiger partial charge in [0.1, 0.15) is 6.04 Å². The number of piperidine rings is 1. The van der Waals surface area contributed by atoms with Crippen LogP contribution in [0.3, 0.4) is 0 Å². The Kier molecular flexibility index (Phi) is 12.4. The fourth-order valence-electron chi connectivity index (χ4n) is 9.61. The molecule has 328 valence electrons. The van der Waals surface area contributed by atoms with Gasteiger partial charge >= 0.3 is 5.97 Å². The number of benzene rings is 1. The van der Waals surface area contributed by atoms with Crippen molar-refractivity contribution < 1.29 is 32.6 Å². The third-order valence-electron chi connectivity index (χ3n) is 13.2. The number of hydrogen-bond acceptors (Lipinski definition) is 11. The zero-order valence-corrected chi connectivity index (χ0v) is 37.0. The van der Waals surface area contributed by atoms with Gasteiger partial charge in [-0.1, -0.05) is 19.9 Å². The smallest absolute Gasteiger partial charge is 0.323 e. The van der Waals surface area contributed by atoms with Crippen molar-refractivity contribution in [2.24, 2.45) is 11.3 Å². The number of carbonyl (C=O) groups excluding carboxylic acids is 3. The summed E-state index contributed by atoms with van der Waals surface area (Å²) in [7, 11) is 3.86. The second-order valence-corrected chi connectivity index (χ2v) is 19.3. The fraction of sp³-hybridized carbons (Fsp3) is 0.587. The molecule has 12 nitrogen and oxygen atoms in total. The second-order valence-electron chi connectivity index (χ2n) is 18.3. The monoisotopic (exact) mass is 859 g/mol. The highest BCUT2D eigenvalue weighted by Gasteiger charge is 2.44. The summed E-state index contributed by atoms with van der Waals surface area (Å²) >= 11 is 1.40. The lowest BCUT2D eigenvalue weighted by atomic mass is 9.84. The Morgan fingerprint density at radius 3 is 2.61 bits per heavy atom. The van der Waals surface area contributed by atoms with Crippen molar-refractivity contribution in [2.45, 2.75) is 116 Å². The first-order valence-corrected chi connectivity index (χ1v) is 22.7. The number of anilines is 1. The number of nitrogens with zero attached hydrogens (tertiary/aromatic N) is 5. The summed E-state index contributed by atoms with van der Waals surface area (Å²) in [6.45, 7) is 12.9. The van der Waals surface area contributed by atoms with Crippen LogP contribution in [-0.2, 0) is 43.2 Å². The first-order chi connectivity index (χ1) is 29.1. The van der Waals surface area contributed by atoms with Gasteiger partial charge in [0.2, 0.25) is 11.8 Å². The van der Waals surface area contributed by atoms with Gasteiger partial charge in [0.25, 0.3) is 0 Å². The van der Waals surface area contributed by atoms with Crippen molar-refractivity contribution in [3.05, 3.63) is 52.1 Å². The average molecular weight is 860 g/mol. The van der Waals surface area contributed by atoms with Crippen molar-refractivity contribution in [1.82, 2.24) is 30.1 Å². The van der Waals surface area contributed by atoms with Gasteiger partial charge in [0.05, 0.1) is 58.8 Å². The lowest BCUT2D eigenvalue weighted by molar-refractivity contribution is -0.150. The molecule has 1 saturated carbocycles. The molecule has 3 fully saturated rings. The molecule has 4 aliphatic rings. The van der Waals surface area contributed by atoms with Gasteiger partial charge in [-0.25, -0.2) is 13.8 Å². The van der Waals surface area contributed by atoms with Crippen LogP contribution in [0, 0.1) is 11.3 Å². The molecule has 1 amide bonds. The number of aryl methyl sites for hydroxylation is 1. The summed E-state index contributed by atoms with van der Waals surface area (Å²) in [5.41, 5.74) is 7.25. The predicted molar refractivity (Wildman–Crippen MR) is 233 cm³/mol. The Bertz CT molecular complexity index is 2280. The van der Waals surface area contributed by atoms with Crippen LogP contribution in [0.4, 0.5) is 14.5 Å². The zero-order valence-electron chi connectivity index (χ0n) is 36.2. The highest BCUT2D eigenvalue weighted by Crippen LogP contribution is 2.43. The number of alkyl halides is 2. The van der Waals surface area contributed by atoms with Gasteiger partial charge in [-0.3, -0.25) is 24.7 Å². The number of piperazine rings is 1. The summed E-state index contributed by atoms with van der Waals surface area (Å²) in [5.74, 6) is -5.05. The first kappa shape index (κ1) is 43.3. The van der Waals surface area contributed by atoms with Crippen molar-refractivity contribution in [2.75, 3.05) is 51.8 Å². The van der Waals surface area contributed by atoms with Crippen molar-refractivity contribution in [3.63, 3.8) is 0 Å². The molecule has 0 radical (unpaired) electrons. The Hall–Kier alpha value is -4.31. The number of ether oxygens (including phenoxy) is 2. The molecule has 1 aliphatic carbocycles. The maximum Gasteiger partial charge on any atom is 0.323 e. The van der Waals surface area contributed by atoms with Crippen LogP contribution < -0.4 is 15.5 Å². The standard InChI is InChI=1S/C46H59F2N7O5S/c1-7-55-38-12-11-28-19-31(38)33(41(55)32-20-30(24-49-40(32)27(2)59-6)54-17-15-53(5)16-18-54)23-45(3,4)26-60-44(58)35-10-8-9-34(50-35)42(56)36(21-39-51-37(28)25-61-39)52-43(57)29-13-14-46(47,48)22-29/h11-12,19-20,24-25,27,29,34-36,50H,7-10,13-18,21-23,26H2,1-6H3,(H,52,57)/t27-,29-,34?,35-,36-/m0/s1. The number of hydrogen-bond donors (Lipinski definition) is 2. The second kappa shape index (κ2) is 17.5. The quantitative estimate of drug-likeness (QED) is 0.188. The number of thiazole rings is 1. The number of Topliss-reactive ketones (excluding diaryl/α,β-unsaturated/α-hetero) is 1. The van der Waals surface area contributed by atoms with E-state index in [1.807, 2.05) is 18.5 Å². The average Bonchev–Trinajstić information content (AvgIpc) is 3.96. The molecule has 6 heterocycles. The first-order valence-electron chi connectivity index (χ1n) is 21.8. The van der Waals surface area contributed by atoms with Gasteiger partial charge in [-0.2, -0.15) is 0 Å². The fourth-order valence-corrected chi connectivity index (χ4v) is 10.5. The largest absolute Gasteiger partial charge is 0.464 e. The van der Waals surface area contributed by atoms with Crippen molar-refractivity contribution in [1.29, 1.82) is 0 Å². The molecular weight excluding hydrogens is 801 g/mol. The molecule has 5 atom stereocenters. The molecule has 6 bridgehead atoms. The van der Waals surface area contributed by atoms with Crippen LogP contribution in [-0.4, -0.2) is 108 Å². The molecular formula is C46H59F2N7O5S. The third-order valence-corrected chi connectivity index (χ3v) is 14.1. The number of esters is 1. The lowest BCUT2D eigenvalue weighted by Gasteiger charge is -2.34. The Labute approximate surface area is 360 Å². The van der Waals surface area contributed by atoms with Crippen LogP contribution >= 0.6 is 11.3 Å². The van der Waals surface area contributed by atoms with E-state index in [1.54, 1.807) is 7.11 Å². The number of rotatable bonds is 7. The molecule has 8 rings (SSSR count). The van der Waals surface area contributed by atoms with E-state index in [1.165, 1.54) is 11.3 Å². The van der Waals surface area contributed by atoms with Gasteiger partial charge in [0.15, 0.2) is 5.78 Å². The summed E-state index contributed by atoms with van der Waals surface area (Å²) < 4.78 is 42.8. The SMILES string of the molecule is CCn1c(-c2cc(N3CCN(C)CC3)cnc2[C@H](C)OC)c2c3cc(ccc31)-c1csc(n1)C[C@H](NC(=O)[C@H]1CCC(F)(F)C1)C(=O)C1CCC[C@H](N1)C(=O)OCC(C)(C)C2. The molecule has 1 aromatic carbocycles. The zero-order chi connectivity index (χ0) is 43.2. The van der Waals surface area contributed by atoms with E-state index in [0.29, 0.717) is 37.2 Å². The van der Waals surface area contributed by atoms with Gasteiger partial charge in [-0.15, -0.1) is 11.3 Å². The summed E-state index contributed by atoms with van der Waals surface area (Å²) in [5, 5.41) is 9.76. The Morgan fingerprint density at radius 1 is 1.11 bits per heavy atom. The minimum atomic E-state index is -2.91. The van der Waals surface area contributed by atoms with Crippen molar-refractivity contribution >= 4 is 45.6 Å². The van der Waals surface area contributed by atoms with E-state index in [9.17, 15) is 23.2 Å². The van der Waals surface area contributed by atoms with Gasteiger partial charge in [0, 0.05) is 97.8 Å². The molecule has 0 spiro atoms. The summed E-state index contributed by atoms with van der Waals surface area (Å²) in [6, 6.07) is 6.20. The number of cyclic esters (lactones) is 1. The van der Waals surface area contributed by atoms with E-state index < -0.39 is 53.7 Å². The number of likely N-dealkylation sites (N-methyl/N-ethyl adjacent to an activating group) is 1. The number of halogens is 2. The lowest BCUT2D eigenvalue weighted by Crippen LogP contribution is -2.57. The maximum atomic E-state index is 14.3. The molecule has 2 saturated heterocycles. The molecule has 1 unspecified atom stereocenters. The number of aromatic nitrogens is 3. The summed E-state index contributed by atoms with van der Waals surface area (Å²) in [4.78, 5) is 56.4. The van der Waals surface area contributed by atoms with Gasteiger partial charge < -0.3 is 29.2 Å². The number of nitrogens with one attached hydrogen (secondary N) is 2. The number of methoxy groups -OCH3 is 1. The Morgan fingerprint density at radius 2 is 1.89 bits per heavy atom.